The van der Waals surface area contributed by atoms with Crippen LogP contribution in [0.2, 0.25) is 0 Å². The van der Waals surface area contributed by atoms with Gasteiger partial charge in [0.1, 0.15) is 0 Å². The van der Waals surface area contributed by atoms with Crippen molar-refractivity contribution in [2.24, 2.45) is 0 Å². The number of amides is 1. The van der Waals surface area contributed by atoms with E-state index in [0.29, 0.717) is 25.9 Å². The Morgan fingerprint density at radius 2 is 0.758 bits per heavy atom. The molecule has 0 aliphatic rings. The van der Waals surface area contributed by atoms with Gasteiger partial charge in [-0.25, -0.2) is 0 Å². The van der Waals surface area contributed by atoms with E-state index in [2.05, 4.69) is 43.5 Å². The number of nitrogens with one attached hydrogen (secondary N) is 1. The number of esters is 1. The van der Waals surface area contributed by atoms with Crippen LogP contribution >= 0.6 is 0 Å². The molecular weight excluding hydrogens is 815 g/mol. The molecule has 0 aromatic rings. The first kappa shape index (κ1) is 64.3. The highest BCUT2D eigenvalue weighted by Crippen LogP contribution is 2.17. The molecule has 0 aliphatic carbocycles. The second kappa shape index (κ2) is 55.9. The quantitative estimate of drug-likeness (QED) is 0.0321. The molecule has 2 atom stereocenters. The van der Waals surface area contributed by atoms with E-state index >= 15 is 0 Å². The van der Waals surface area contributed by atoms with Gasteiger partial charge in [0.25, 0.3) is 0 Å². The van der Waals surface area contributed by atoms with E-state index < -0.39 is 12.1 Å². The number of ether oxygens (including phenoxy) is 1. The summed E-state index contributed by atoms with van der Waals surface area (Å²) in [7, 11) is 0. The molecule has 0 spiro atoms. The topological polar surface area (TPSA) is 95.9 Å². The molecule has 0 saturated heterocycles. The van der Waals surface area contributed by atoms with Crippen molar-refractivity contribution in [2.45, 2.75) is 334 Å². The number of carbonyl (C=O) groups excluding carboxylic acids is 2. The molecule has 0 aromatic heterocycles. The first-order chi connectivity index (χ1) is 32.5. The van der Waals surface area contributed by atoms with Gasteiger partial charge in [0.05, 0.1) is 25.4 Å². The standard InChI is InChI=1S/C60H115NO5/c1-3-5-7-9-11-13-15-17-19-21-23-24-25-26-28-30-32-36-40-44-48-52-58(63)57(56-62)61-59(64)53-49-45-41-37-34-35-39-43-47-51-55-66-60(65)54-50-46-42-38-33-31-29-27-22-20-18-16-14-12-10-8-6-4-2/h14,16,20,22,57-58,62-63H,3-13,15,17-19,21,23-56H2,1-2H3,(H,61,64)/b16-14-,22-20-. The fraction of sp³-hybridized carbons (Fsp3) is 0.900. The number of hydrogen-bond acceptors (Lipinski definition) is 5. The minimum atomic E-state index is -0.680. The molecule has 0 fully saturated rings. The van der Waals surface area contributed by atoms with Crippen LogP contribution in [0, 0.1) is 0 Å². The van der Waals surface area contributed by atoms with Gasteiger partial charge in [0.15, 0.2) is 0 Å². The normalized spacial score (nSPS) is 12.7. The van der Waals surface area contributed by atoms with Gasteiger partial charge < -0.3 is 20.3 Å². The second-order valence-corrected chi connectivity index (χ2v) is 20.3. The molecule has 390 valence electrons. The fourth-order valence-electron chi connectivity index (χ4n) is 9.20. The molecule has 66 heavy (non-hydrogen) atoms. The van der Waals surface area contributed by atoms with Crippen molar-refractivity contribution in [2.75, 3.05) is 13.2 Å². The summed E-state index contributed by atoms with van der Waals surface area (Å²) >= 11 is 0. The first-order valence-corrected chi connectivity index (χ1v) is 29.6. The highest BCUT2D eigenvalue weighted by molar-refractivity contribution is 5.76. The van der Waals surface area contributed by atoms with E-state index in [1.165, 1.54) is 225 Å². The lowest BCUT2D eigenvalue weighted by atomic mass is 10.0. The van der Waals surface area contributed by atoms with Gasteiger partial charge in [0.2, 0.25) is 5.91 Å². The summed E-state index contributed by atoms with van der Waals surface area (Å²) in [6.07, 6.45) is 67.3. The summed E-state index contributed by atoms with van der Waals surface area (Å²) in [6, 6.07) is -0.560. The maximum atomic E-state index is 12.5. The predicted octanol–water partition coefficient (Wildman–Crippen LogP) is 18.2. The lowest BCUT2D eigenvalue weighted by Gasteiger charge is -2.22. The minimum absolute atomic E-state index is 0.0251. The van der Waals surface area contributed by atoms with Gasteiger partial charge in [-0.05, 0) is 57.8 Å². The monoisotopic (exact) mass is 930 g/mol. The van der Waals surface area contributed by atoms with Gasteiger partial charge in [0, 0.05) is 12.8 Å². The van der Waals surface area contributed by atoms with Crippen LogP contribution in [0.25, 0.3) is 0 Å². The maximum absolute atomic E-state index is 12.5. The van der Waals surface area contributed by atoms with E-state index in [0.717, 1.165) is 64.2 Å². The van der Waals surface area contributed by atoms with Crippen LogP contribution in [0.4, 0.5) is 0 Å². The van der Waals surface area contributed by atoms with Crippen LogP contribution in [-0.4, -0.2) is 47.4 Å². The number of unbranched alkanes of at least 4 members (excludes halogenated alkanes) is 40. The zero-order valence-electron chi connectivity index (χ0n) is 44.4. The van der Waals surface area contributed by atoms with Crippen molar-refractivity contribution in [1.82, 2.24) is 5.32 Å². The molecule has 0 saturated carbocycles. The van der Waals surface area contributed by atoms with E-state index in [1.807, 2.05) is 0 Å². The van der Waals surface area contributed by atoms with E-state index in [-0.39, 0.29) is 18.5 Å². The lowest BCUT2D eigenvalue weighted by Crippen LogP contribution is -2.45. The molecule has 2 unspecified atom stereocenters. The van der Waals surface area contributed by atoms with Crippen LogP contribution in [-0.2, 0) is 14.3 Å². The second-order valence-electron chi connectivity index (χ2n) is 20.3. The molecule has 0 rings (SSSR count). The molecule has 0 bridgehead atoms. The van der Waals surface area contributed by atoms with Crippen LogP contribution in [0.3, 0.4) is 0 Å². The minimum Gasteiger partial charge on any atom is -0.466 e. The summed E-state index contributed by atoms with van der Waals surface area (Å²) in [5.74, 6) is -0.0805. The van der Waals surface area contributed by atoms with Crippen LogP contribution in [0.1, 0.15) is 322 Å². The number of hydrogen-bond donors (Lipinski definition) is 3. The Kier molecular flexibility index (Phi) is 54.5. The Morgan fingerprint density at radius 3 is 1.17 bits per heavy atom. The molecule has 6 nitrogen and oxygen atoms in total. The SMILES string of the molecule is CCCCCC/C=C\C/C=C\CCCCCCCCCC(=O)OCCCCCCCCCCCCC(=O)NC(CO)C(O)CCCCCCCCCCCCCCCCCCCCCCC. The van der Waals surface area contributed by atoms with Crippen LogP contribution in [0.5, 0.6) is 0 Å². The molecule has 0 aromatic carbocycles. The van der Waals surface area contributed by atoms with Gasteiger partial charge in [-0.3, -0.25) is 9.59 Å². The van der Waals surface area contributed by atoms with Crippen molar-refractivity contribution in [3.63, 3.8) is 0 Å². The Hall–Kier alpha value is -1.66. The van der Waals surface area contributed by atoms with Crippen molar-refractivity contribution < 1.29 is 24.5 Å². The zero-order chi connectivity index (χ0) is 47.9. The van der Waals surface area contributed by atoms with E-state index in [4.69, 9.17) is 4.74 Å². The summed E-state index contributed by atoms with van der Waals surface area (Å²) < 4.78 is 5.47. The van der Waals surface area contributed by atoms with E-state index in [9.17, 15) is 19.8 Å². The number of aliphatic hydroxyl groups is 2. The molecule has 0 radical (unpaired) electrons. The number of rotatable bonds is 55. The number of carbonyl (C=O) groups is 2. The molecule has 6 heteroatoms. The highest BCUT2D eigenvalue weighted by Gasteiger charge is 2.20. The predicted molar refractivity (Wildman–Crippen MR) is 287 cm³/mol. The maximum Gasteiger partial charge on any atom is 0.305 e. The summed E-state index contributed by atoms with van der Waals surface area (Å²) in [5, 5.41) is 23.3. The fourth-order valence-corrected chi connectivity index (χ4v) is 9.20. The van der Waals surface area contributed by atoms with Crippen molar-refractivity contribution in [1.29, 1.82) is 0 Å². The third kappa shape index (κ3) is 51.7. The Labute approximate surface area is 411 Å². The van der Waals surface area contributed by atoms with E-state index in [1.54, 1.807) is 0 Å². The molecule has 0 heterocycles. The highest BCUT2D eigenvalue weighted by atomic mass is 16.5. The van der Waals surface area contributed by atoms with Crippen molar-refractivity contribution in [3.8, 4) is 0 Å². The molecule has 3 N–H and O–H groups in total. The Morgan fingerprint density at radius 1 is 0.424 bits per heavy atom. The van der Waals surface area contributed by atoms with Crippen LogP contribution in [0.15, 0.2) is 24.3 Å². The zero-order valence-corrected chi connectivity index (χ0v) is 44.4. The number of aliphatic hydroxyl groups excluding tert-OH is 2. The van der Waals surface area contributed by atoms with Gasteiger partial charge >= 0.3 is 5.97 Å². The van der Waals surface area contributed by atoms with Gasteiger partial charge in [-0.1, -0.05) is 276 Å². The largest absolute Gasteiger partial charge is 0.466 e. The molecule has 1 amide bonds. The Bertz CT molecular complexity index is 1030. The summed E-state index contributed by atoms with van der Waals surface area (Å²) in [6.45, 7) is 4.90. The average molecular weight is 931 g/mol. The third-order valence-electron chi connectivity index (χ3n) is 13.8. The smallest absolute Gasteiger partial charge is 0.305 e. The summed E-state index contributed by atoms with van der Waals surface area (Å²) in [5.41, 5.74) is 0. The lowest BCUT2D eigenvalue weighted by molar-refractivity contribution is -0.143. The van der Waals surface area contributed by atoms with Crippen molar-refractivity contribution in [3.05, 3.63) is 24.3 Å². The van der Waals surface area contributed by atoms with Gasteiger partial charge in [-0.2, -0.15) is 0 Å². The summed E-state index contributed by atoms with van der Waals surface area (Å²) in [4.78, 5) is 24.6. The molecular formula is C60H115NO5. The van der Waals surface area contributed by atoms with Gasteiger partial charge in [-0.15, -0.1) is 0 Å². The Balaban J connectivity index is 3.47. The number of allylic oxidation sites excluding steroid dienone is 4. The first-order valence-electron chi connectivity index (χ1n) is 29.6. The van der Waals surface area contributed by atoms with Crippen LogP contribution < -0.4 is 5.32 Å². The van der Waals surface area contributed by atoms with Crippen molar-refractivity contribution >= 4 is 11.9 Å². The molecule has 0 aliphatic heterocycles. The average Bonchev–Trinajstić information content (AvgIpc) is 3.32. The third-order valence-corrected chi connectivity index (χ3v) is 13.8.